The van der Waals surface area contributed by atoms with Gasteiger partial charge < -0.3 is 10.1 Å². The molecule has 0 spiro atoms. The second-order valence-corrected chi connectivity index (χ2v) is 7.17. The summed E-state index contributed by atoms with van der Waals surface area (Å²) in [4.78, 5) is 12.7. The fraction of sp³-hybridized carbons (Fsp3) is 0.182. The molecule has 0 unspecified atom stereocenters. The number of tetrazole rings is 1. The molecule has 164 valence electrons. The van der Waals surface area contributed by atoms with E-state index in [9.17, 15) is 18.0 Å². The first-order valence-electron chi connectivity index (χ1n) is 9.63. The van der Waals surface area contributed by atoms with Crippen molar-refractivity contribution in [2.24, 2.45) is 7.05 Å². The predicted molar refractivity (Wildman–Crippen MR) is 110 cm³/mol. The highest BCUT2D eigenvalue weighted by Gasteiger charge is 2.30. The predicted octanol–water partition coefficient (Wildman–Crippen LogP) is 4.67. The molecule has 7 nitrogen and oxygen atoms in total. The van der Waals surface area contributed by atoms with E-state index < -0.39 is 17.8 Å². The summed E-state index contributed by atoms with van der Waals surface area (Å²) in [5, 5.41) is 15.5. The molecule has 10 heteroatoms. The SMILES string of the molecule is C[C@H](NC(=O)c1ccc2c(Oc3ccc(C(F)(F)F)cc3)cccc2c1)c1nnnn1C. The average molecular weight is 441 g/mol. The third-order valence-electron chi connectivity index (χ3n) is 4.90. The fourth-order valence-electron chi connectivity index (χ4n) is 3.27. The number of amides is 1. The Morgan fingerprint density at radius 2 is 1.84 bits per heavy atom. The number of alkyl halides is 3. The highest BCUT2D eigenvalue weighted by Crippen LogP contribution is 2.33. The van der Waals surface area contributed by atoms with Crippen molar-refractivity contribution in [2.75, 3.05) is 0 Å². The molecule has 1 atom stereocenters. The van der Waals surface area contributed by atoms with Gasteiger partial charge in [-0.1, -0.05) is 12.1 Å². The van der Waals surface area contributed by atoms with E-state index in [0.717, 1.165) is 22.9 Å². The van der Waals surface area contributed by atoms with Crippen LogP contribution in [0, 0.1) is 0 Å². The van der Waals surface area contributed by atoms with Gasteiger partial charge in [0.25, 0.3) is 5.91 Å². The number of aromatic nitrogens is 4. The topological polar surface area (TPSA) is 81.9 Å². The van der Waals surface area contributed by atoms with E-state index in [0.29, 0.717) is 17.1 Å². The quantitative estimate of drug-likeness (QED) is 0.487. The van der Waals surface area contributed by atoms with Crippen molar-refractivity contribution in [3.8, 4) is 11.5 Å². The van der Waals surface area contributed by atoms with Crippen LogP contribution in [-0.4, -0.2) is 26.1 Å². The highest BCUT2D eigenvalue weighted by molar-refractivity contribution is 6.00. The molecule has 0 saturated heterocycles. The number of aryl methyl sites for hydroxylation is 1. The number of halogens is 3. The van der Waals surface area contributed by atoms with Crippen LogP contribution in [0.1, 0.15) is 34.7 Å². The van der Waals surface area contributed by atoms with Crippen LogP contribution in [0.5, 0.6) is 11.5 Å². The number of ether oxygens (including phenoxy) is 1. The highest BCUT2D eigenvalue weighted by atomic mass is 19.4. The minimum Gasteiger partial charge on any atom is -0.457 e. The summed E-state index contributed by atoms with van der Waals surface area (Å²) >= 11 is 0. The van der Waals surface area contributed by atoms with Crippen molar-refractivity contribution in [1.29, 1.82) is 0 Å². The summed E-state index contributed by atoms with van der Waals surface area (Å²) in [6.07, 6.45) is -4.41. The van der Waals surface area contributed by atoms with Crippen LogP contribution in [0.15, 0.2) is 60.7 Å². The molecular weight excluding hydrogens is 423 g/mol. The van der Waals surface area contributed by atoms with Gasteiger partial charge >= 0.3 is 6.18 Å². The van der Waals surface area contributed by atoms with Gasteiger partial charge in [-0.15, -0.1) is 5.10 Å². The van der Waals surface area contributed by atoms with Gasteiger partial charge in [0.05, 0.1) is 11.6 Å². The van der Waals surface area contributed by atoms with Crippen LogP contribution in [0.3, 0.4) is 0 Å². The van der Waals surface area contributed by atoms with Gasteiger partial charge in [-0.05, 0) is 71.3 Å². The maximum atomic E-state index is 12.8. The molecule has 1 heterocycles. The maximum absolute atomic E-state index is 12.8. The van der Waals surface area contributed by atoms with Crippen LogP contribution in [0.2, 0.25) is 0 Å². The first-order valence-corrected chi connectivity index (χ1v) is 9.63. The molecule has 3 aromatic carbocycles. The Morgan fingerprint density at radius 3 is 2.50 bits per heavy atom. The number of hydrogen-bond acceptors (Lipinski definition) is 5. The molecular formula is C22H18F3N5O2. The molecule has 1 aromatic heterocycles. The van der Waals surface area contributed by atoms with Gasteiger partial charge in [-0.2, -0.15) is 13.2 Å². The Kier molecular flexibility index (Phi) is 5.52. The summed E-state index contributed by atoms with van der Waals surface area (Å²) in [6, 6.07) is 14.5. The molecule has 0 aliphatic rings. The number of rotatable bonds is 5. The Hall–Kier alpha value is -3.95. The fourth-order valence-corrected chi connectivity index (χ4v) is 3.27. The van der Waals surface area contributed by atoms with Crippen molar-refractivity contribution in [3.05, 3.63) is 77.6 Å². The molecule has 0 aliphatic carbocycles. The third-order valence-corrected chi connectivity index (χ3v) is 4.90. The number of carbonyl (C=O) groups excluding carboxylic acids is 1. The van der Waals surface area contributed by atoms with Crippen LogP contribution in [0.4, 0.5) is 13.2 Å². The first-order chi connectivity index (χ1) is 15.2. The zero-order chi connectivity index (χ0) is 22.9. The van der Waals surface area contributed by atoms with Crippen molar-refractivity contribution in [1.82, 2.24) is 25.5 Å². The average Bonchev–Trinajstić information content (AvgIpc) is 3.19. The van der Waals surface area contributed by atoms with Gasteiger partial charge in [0.2, 0.25) is 0 Å². The van der Waals surface area contributed by atoms with Crippen molar-refractivity contribution in [2.45, 2.75) is 19.1 Å². The summed E-state index contributed by atoms with van der Waals surface area (Å²) in [7, 11) is 1.69. The number of nitrogens with zero attached hydrogens (tertiary/aromatic N) is 4. The minimum absolute atomic E-state index is 0.276. The van der Waals surface area contributed by atoms with E-state index in [4.69, 9.17) is 4.74 Å². The monoisotopic (exact) mass is 441 g/mol. The molecule has 0 radical (unpaired) electrons. The molecule has 1 N–H and O–H groups in total. The molecule has 0 bridgehead atoms. The first kappa shape index (κ1) is 21.3. The smallest absolute Gasteiger partial charge is 0.416 e. The Labute approximate surface area is 180 Å². The zero-order valence-electron chi connectivity index (χ0n) is 17.1. The minimum atomic E-state index is -4.41. The number of benzene rings is 3. The summed E-state index contributed by atoms with van der Waals surface area (Å²) in [6.45, 7) is 1.78. The molecule has 4 aromatic rings. The summed E-state index contributed by atoms with van der Waals surface area (Å²) in [5.41, 5.74) is -0.309. The van der Waals surface area contributed by atoms with Gasteiger partial charge in [-0.25, -0.2) is 4.68 Å². The number of hydrogen-bond donors (Lipinski definition) is 1. The standard InChI is InChI=1S/C22H18F3N5O2/c1-13(20-27-28-29-30(20)2)26-21(31)15-6-11-18-14(12-15)4-3-5-19(18)32-17-9-7-16(8-10-17)22(23,24)25/h3-13H,1-2H3,(H,26,31)/t13-/m0/s1. The lowest BCUT2D eigenvalue weighted by Gasteiger charge is -2.14. The Morgan fingerprint density at radius 1 is 1.09 bits per heavy atom. The molecule has 1 amide bonds. The second-order valence-electron chi connectivity index (χ2n) is 7.17. The van der Waals surface area contributed by atoms with E-state index in [-0.39, 0.29) is 11.7 Å². The zero-order valence-corrected chi connectivity index (χ0v) is 17.1. The summed E-state index contributed by atoms with van der Waals surface area (Å²) < 4.78 is 45.5. The maximum Gasteiger partial charge on any atom is 0.416 e. The molecule has 32 heavy (non-hydrogen) atoms. The van der Waals surface area contributed by atoms with E-state index >= 15 is 0 Å². The van der Waals surface area contributed by atoms with E-state index in [1.54, 1.807) is 44.3 Å². The second kappa shape index (κ2) is 8.29. The van der Waals surface area contributed by atoms with Crippen LogP contribution in [0.25, 0.3) is 10.8 Å². The number of fused-ring (bicyclic) bond motifs is 1. The Bertz CT molecular complexity index is 1270. The number of carbonyl (C=O) groups is 1. The van der Waals surface area contributed by atoms with Crippen LogP contribution in [-0.2, 0) is 13.2 Å². The lowest BCUT2D eigenvalue weighted by atomic mass is 10.1. The molecule has 0 aliphatic heterocycles. The van der Waals surface area contributed by atoms with E-state index in [2.05, 4.69) is 20.8 Å². The van der Waals surface area contributed by atoms with Crippen molar-refractivity contribution < 1.29 is 22.7 Å². The number of nitrogens with one attached hydrogen (secondary N) is 1. The largest absolute Gasteiger partial charge is 0.457 e. The van der Waals surface area contributed by atoms with Crippen molar-refractivity contribution >= 4 is 16.7 Å². The van der Waals surface area contributed by atoms with Gasteiger partial charge in [0.1, 0.15) is 11.5 Å². The van der Waals surface area contributed by atoms with Crippen LogP contribution >= 0.6 is 0 Å². The normalized spacial score (nSPS) is 12.5. The lowest BCUT2D eigenvalue weighted by molar-refractivity contribution is -0.137. The summed E-state index contributed by atoms with van der Waals surface area (Å²) in [5.74, 6) is 0.967. The van der Waals surface area contributed by atoms with Gasteiger partial charge in [0, 0.05) is 18.0 Å². The van der Waals surface area contributed by atoms with Gasteiger partial charge in [0.15, 0.2) is 5.82 Å². The molecule has 0 fully saturated rings. The van der Waals surface area contributed by atoms with Crippen molar-refractivity contribution in [3.63, 3.8) is 0 Å². The molecule has 0 saturated carbocycles. The Balaban J connectivity index is 1.54. The lowest BCUT2D eigenvalue weighted by Crippen LogP contribution is -2.28. The van der Waals surface area contributed by atoms with E-state index in [1.165, 1.54) is 16.8 Å². The molecule has 4 rings (SSSR count). The van der Waals surface area contributed by atoms with E-state index in [1.807, 2.05) is 6.07 Å². The van der Waals surface area contributed by atoms with Crippen LogP contribution < -0.4 is 10.1 Å². The third kappa shape index (κ3) is 4.39. The van der Waals surface area contributed by atoms with Gasteiger partial charge in [-0.3, -0.25) is 4.79 Å².